The summed E-state index contributed by atoms with van der Waals surface area (Å²) in [6.07, 6.45) is 11.8. The van der Waals surface area contributed by atoms with Crippen LogP contribution >= 0.6 is 27.7 Å². The van der Waals surface area contributed by atoms with E-state index in [0.717, 1.165) is 35.0 Å². The Labute approximate surface area is 214 Å². The van der Waals surface area contributed by atoms with Crippen molar-refractivity contribution in [2.45, 2.75) is 44.1 Å². The maximum atomic E-state index is 13.7. The minimum atomic E-state index is -0.157. The molecule has 1 unspecified atom stereocenters. The largest absolute Gasteiger partial charge is 0.493 e. The fourth-order valence-corrected chi connectivity index (χ4v) is 6.38. The molecule has 0 bridgehead atoms. The lowest BCUT2D eigenvalue weighted by molar-refractivity contribution is -0.129. The summed E-state index contributed by atoms with van der Waals surface area (Å²) in [4.78, 5) is 16.5. The van der Waals surface area contributed by atoms with Crippen molar-refractivity contribution in [3.05, 3.63) is 57.4 Å². The van der Waals surface area contributed by atoms with E-state index in [1.165, 1.54) is 6.42 Å². The number of rotatable bonds is 7. The lowest BCUT2D eigenvalue weighted by atomic mass is 9.85. The number of hydrogen-bond acceptors (Lipinski definition) is 5. The molecule has 2 aliphatic rings. The topological polar surface area (TPSA) is 50.8 Å². The summed E-state index contributed by atoms with van der Waals surface area (Å²) < 4.78 is 11.9. The van der Waals surface area contributed by atoms with Crippen LogP contribution in [0.15, 0.2) is 51.8 Å². The first-order valence-electron chi connectivity index (χ1n) is 11.5. The van der Waals surface area contributed by atoms with E-state index in [1.54, 1.807) is 18.9 Å². The van der Waals surface area contributed by atoms with E-state index in [0.29, 0.717) is 22.3 Å². The lowest BCUT2D eigenvalue weighted by Crippen LogP contribution is -2.48. The van der Waals surface area contributed by atoms with Crippen LogP contribution in [0.4, 0.5) is 5.69 Å². The third-order valence-corrected chi connectivity index (χ3v) is 7.98. The number of carbonyl (C=O) groups is 1. The highest BCUT2D eigenvalue weighted by Gasteiger charge is 2.42. The van der Waals surface area contributed by atoms with Gasteiger partial charge in [0.1, 0.15) is 6.61 Å². The van der Waals surface area contributed by atoms with Crippen molar-refractivity contribution in [1.29, 1.82) is 0 Å². The molecular formula is C27H29BrN2O3S. The van der Waals surface area contributed by atoms with E-state index in [-0.39, 0.29) is 24.1 Å². The van der Waals surface area contributed by atoms with Gasteiger partial charge in [0.15, 0.2) is 17.0 Å². The quantitative estimate of drug-likeness (QED) is 0.327. The van der Waals surface area contributed by atoms with E-state index in [4.69, 9.17) is 15.9 Å². The van der Waals surface area contributed by atoms with Gasteiger partial charge >= 0.3 is 0 Å². The van der Waals surface area contributed by atoms with Crippen molar-refractivity contribution in [3.63, 3.8) is 0 Å². The predicted molar refractivity (Wildman–Crippen MR) is 143 cm³/mol. The highest BCUT2D eigenvalue weighted by atomic mass is 79.9. The predicted octanol–water partition coefficient (Wildman–Crippen LogP) is 6.36. The van der Waals surface area contributed by atoms with Gasteiger partial charge in [0.2, 0.25) is 0 Å². The molecule has 34 heavy (non-hydrogen) atoms. The highest BCUT2D eigenvalue weighted by molar-refractivity contribution is 9.10. The molecule has 5 nitrogen and oxygen atoms in total. The van der Waals surface area contributed by atoms with Gasteiger partial charge in [-0.25, -0.2) is 0 Å². The number of para-hydroxylation sites is 1. The van der Waals surface area contributed by atoms with Crippen molar-refractivity contribution < 1.29 is 14.3 Å². The van der Waals surface area contributed by atoms with Gasteiger partial charge in [-0.2, -0.15) is 0 Å². The zero-order chi connectivity index (χ0) is 24.1. The Morgan fingerprint density at radius 3 is 2.74 bits per heavy atom. The Balaban J connectivity index is 1.66. The van der Waals surface area contributed by atoms with Crippen LogP contribution in [0.25, 0.3) is 6.08 Å². The van der Waals surface area contributed by atoms with Crippen LogP contribution < -0.4 is 14.8 Å². The summed E-state index contributed by atoms with van der Waals surface area (Å²) in [6.45, 7) is 2.41. The van der Waals surface area contributed by atoms with Gasteiger partial charge in [0, 0.05) is 11.7 Å². The molecule has 0 spiro atoms. The van der Waals surface area contributed by atoms with Gasteiger partial charge in [0.05, 0.1) is 16.5 Å². The second-order valence-electron chi connectivity index (χ2n) is 8.56. The van der Waals surface area contributed by atoms with E-state index >= 15 is 0 Å². The number of methoxy groups -OCH3 is 1. The second-order valence-corrected chi connectivity index (χ2v) is 10.5. The number of halogens is 1. The van der Waals surface area contributed by atoms with Crippen molar-refractivity contribution >= 4 is 45.4 Å². The first kappa shape index (κ1) is 24.6. The Kier molecular flexibility index (Phi) is 8.12. The third-order valence-electron chi connectivity index (χ3n) is 6.27. The first-order chi connectivity index (χ1) is 16.5. The van der Waals surface area contributed by atoms with Crippen LogP contribution in [-0.4, -0.2) is 36.1 Å². The lowest BCUT2D eigenvalue weighted by Gasteiger charge is -2.39. The number of carbonyl (C=O) groups excluding carboxylic acids is 1. The third kappa shape index (κ3) is 5.39. The van der Waals surface area contributed by atoms with E-state index in [2.05, 4.69) is 39.0 Å². The zero-order valence-corrected chi connectivity index (χ0v) is 21.8. The fourth-order valence-electron chi connectivity index (χ4n) is 4.60. The molecule has 1 N–H and O–H groups in total. The number of terminal acetylenes is 1. The average Bonchev–Trinajstić information content (AvgIpc) is 3.13. The van der Waals surface area contributed by atoms with Crippen molar-refractivity contribution in [2.75, 3.05) is 19.0 Å². The number of nitrogens with one attached hydrogen (secondary N) is 1. The number of anilines is 1. The van der Waals surface area contributed by atoms with Gasteiger partial charge in [-0.05, 0) is 70.6 Å². The van der Waals surface area contributed by atoms with E-state index in [9.17, 15) is 4.79 Å². The Morgan fingerprint density at radius 1 is 1.26 bits per heavy atom. The Morgan fingerprint density at radius 2 is 2.03 bits per heavy atom. The van der Waals surface area contributed by atoms with Crippen LogP contribution in [0.2, 0.25) is 0 Å². The highest BCUT2D eigenvalue weighted by Crippen LogP contribution is 2.43. The average molecular weight is 542 g/mol. The van der Waals surface area contributed by atoms with Crippen molar-refractivity contribution in [1.82, 2.24) is 4.90 Å². The van der Waals surface area contributed by atoms with Crippen LogP contribution in [0, 0.1) is 18.3 Å². The van der Waals surface area contributed by atoms with Crippen molar-refractivity contribution in [2.24, 2.45) is 5.92 Å². The van der Waals surface area contributed by atoms with Gasteiger partial charge < -0.3 is 19.7 Å². The normalized spacial score (nSPS) is 23.6. The summed E-state index contributed by atoms with van der Waals surface area (Å²) in [5.74, 6) is 4.12. The summed E-state index contributed by atoms with van der Waals surface area (Å²) in [5.41, 5.74) is 1.70. The molecule has 0 aromatic heterocycles. The maximum absolute atomic E-state index is 13.7. The van der Waals surface area contributed by atoms with Crippen LogP contribution in [0.5, 0.6) is 11.5 Å². The number of nitrogens with zero attached hydrogens (tertiary/aromatic N) is 1. The van der Waals surface area contributed by atoms with Gasteiger partial charge in [0.25, 0.3) is 5.91 Å². The maximum Gasteiger partial charge on any atom is 0.262 e. The molecule has 1 aliphatic carbocycles. The Hall–Kier alpha value is -2.56. The molecule has 1 saturated carbocycles. The van der Waals surface area contributed by atoms with Crippen LogP contribution in [0.3, 0.4) is 0 Å². The monoisotopic (exact) mass is 540 g/mol. The summed E-state index contributed by atoms with van der Waals surface area (Å²) in [5, 5.41) is 3.58. The molecule has 2 fully saturated rings. The smallest absolute Gasteiger partial charge is 0.262 e. The number of thioether (sulfide) groups is 1. The van der Waals surface area contributed by atoms with Crippen LogP contribution in [-0.2, 0) is 4.79 Å². The molecule has 3 atom stereocenters. The van der Waals surface area contributed by atoms with Gasteiger partial charge in [-0.1, -0.05) is 55.6 Å². The molecule has 1 aliphatic heterocycles. The summed E-state index contributed by atoms with van der Waals surface area (Å²) >= 11 is 5.12. The molecule has 1 heterocycles. The molecule has 4 rings (SSSR count). The van der Waals surface area contributed by atoms with Crippen molar-refractivity contribution in [3.8, 4) is 23.8 Å². The number of amides is 1. The molecular weight excluding hydrogens is 512 g/mol. The standard InChI is InChI=1S/C27H29BrN2O3S/c1-4-14-33-25-21(28)15-19(16-23(25)32-3)17-24-26(31)30(22-13-9-8-10-18(22)2)27(34-24)29-20-11-6-5-7-12-20/h1,5-7,11-12,15-18,22,27,29H,8-10,13-14H2,2-3H3/b24-17-/t18-,22-,27?/m1/s1. The van der Waals surface area contributed by atoms with E-state index in [1.807, 2.05) is 48.5 Å². The van der Waals surface area contributed by atoms with Crippen LogP contribution in [0.1, 0.15) is 38.2 Å². The minimum Gasteiger partial charge on any atom is -0.493 e. The molecule has 1 amide bonds. The minimum absolute atomic E-state index is 0.0694. The Bertz CT molecular complexity index is 1100. The fraction of sp³-hybridized carbons (Fsp3) is 0.370. The number of ether oxygens (including phenoxy) is 2. The SMILES string of the molecule is C#CCOc1c(Br)cc(/C=C2\SC(Nc3ccccc3)N([C@@H]3CCCC[C@H]3C)C2=O)cc1OC. The number of hydrogen-bond donors (Lipinski definition) is 1. The number of benzene rings is 2. The van der Waals surface area contributed by atoms with E-state index < -0.39 is 0 Å². The molecule has 2 aromatic carbocycles. The summed E-state index contributed by atoms with van der Waals surface area (Å²) in [6, 6.07) is 14.1. The molecule has 1 saturated heterocycles. The summed E-state index contributed by atoms with van der Waals surface area (Å²) in [7, 11) is 1.59. The zero-order valence-electron chi connectivity index (χ0n) is 19.4. The van der Waals surface area contributed by atoms with Gasteiger partial charge in [-0.15, -0.1) is 6.42 Å². The molecule has 0 radical (unpaired) electrons. The first-order valence-corrected chi connectivity index (χ1v) is 13.2. The molecule has 2 aromatic rings. The van der Waals surface area contributed by atoms with Gasteiger partial charge in [-0.3, -0.25) is 4.79 Å². The molecule has 7 heteroatoms. The second kappa shape index (κ2) is 11.2. The molecule has 178 valence electrons.